The molecule has 3 nitrogen and oxygen atoms in total. The van der Waals surface area contributed by atoms with Gasteiger partial charge in [0.05, 0.1) is 6.20 Å². The fourth-order valence-electron chi connectivity index (χ4n) is 2.52. The normalized spacial score (nSPS) is 20.4. The van der Waals surface area contributed by atoms with Crippen molar-refractivity contribution in [2.45, 2.75) is 18.8 Å². The fraction of sp³-hybridized carbons (Fsp3) is 0.357. The first-order valence-corrected chi connectivity index (χ1v) is 6.14. The van der Waals surface area contributed by atoms with Gasteiger partial charge in [-0.2, -0.15) is 0 Å². The van der Waals surface area contributed by atoms with E-state index < -0.39 is 0 Å². The maximum absolute atomic E-state index is 5.42. The van der Waals surface area contributed by atoms with Crippen molar-refractivity contribution in [3.8, 4) is 11.5 Å². The van der Waals surface area contributed by atoms with Crippen LogP contribution in [0.15, 0.2) is 41.1 Å². The smallest absolute Gasteiger partial charge is 0.226 e. The molecule has 88 valence electrons. The molecule has 0 aliphatic carbocycles. The molecule has 0 amide bonds. The Morgan fingerprint density at radius 2 is 2.24 bits per heavy atom. The molecule has 1 unspecified atom stereocenters. The van der Waals surface area contributed by atoms with Crippen molar-refractivity contribution in [2.24, 2.45) is 0 Å². The SMILES string of the molecule is c1ccc(C2CCCNC2)c(-c2ncco2)c1. The fourth-order valence-corrected chi connectivity index (χ4v) is 2.52. The predicted molar refractivity (Wildman–Crippen MR) is 66.8 cm³/mol. The molecule has 17 heavy (non-hydrogen) atoms. The summed E-state index contributed by atoms with van der Waals surface area (Å²) in [5, 5.41) is 3.45. The third-order valence-corrected chi connectivity index (χ3v) is 3.36. The molecule has 1 fully saturated rings. The average Bonchev–Trinajstić information content (AvgIpc) is 2.94. The van der Waals surface area contributed by atoms with Gasteiger partial charge < -0.3 is 9.73 Å². The van der Waals surface area contributed by atoms with Crippen molar-refractivity contribution in [1.29, 1.82) is 0 Å². The van der Waals surface area contributed by atoms with Crippen molar-refractivity contribution in [3.63, 3.8) is 0 Å². The average molecular weight is 228 g/mol. The summed E-state index contributed by atoms with van der Waals surface area (Å²) in [7, 11) is 0. The first kappa shape index (κ1) is 10.5. The molecule has 0 radical (unpaired) electrons. The van der Waals surface area contributed by atoms with Crippen LogP contribution < -0.4 is 5.32 Å². The molecule has 3 rings (SSSR count). The molecule has 1 aromatic heterocycles. The minimum Gasteiger partial charge on any atom is -0.445 e. The van der Waals surface area contributed by atoms with Crippen LogP contribution in [0.3, 0.4) is 0 Å². The van der Waals surface area contributed by atoms with Crippen molar-refractivity contribution < 1.29 is 4.42 Å². The second-order valence-corrected chi connectivity index (χ2v) is 4.47. The van der Waals surface area contributed by atoms with Crippen molar-refractivity contribution in [2.75, 3.05) is 13.1 Å². The Balaban J connectivity index is 1.98. The second kappa shape index (κ2) is 4.72. The zero-order valence-electron chi connectivity index (χ0n) is 9.73. The van der Waals surface area contributed by atoms with Crippen LogP contribution in [0.25, 0.3) is 11.5 Å². The zero-order valence-corrected chi connectivity index (χ0v) is 9.73. The highest BCUT2D eigenvalue weighted by atomic mass is 16.3. The number of nitrogens with zero attached hydrogens (tertiary/aromatic N) is 1. The van der Waals surface area contributed by atoms with Gasteiger partial charge in [-0.1, -0.05) is 18.2 Å². The molecule has 1 atom stereocenters. The number of piperidine rings is 1. The van der Waals surface area contributed by atoms with E-state index in [1.165, 1.54) is 18.4 Å². The third-order valence-electron chi connectivity index (χ3n) is 3.36. The van der Waals surface area contributed by atoms with Crippen molar-refractivity contribution in [3.05, 3.63) is 42.3 Å². The Morgan fingerprint density at radius 3 is 3.00 bits per heavy atom. The lowest BCUT2D eigenvalue weighted by Crippen LogP contribution is -2.28. The van der Waals surface area contributed by atoms with Gasteiger partial charge in [0.25, 0.3) is 0 Å². The summed E-state index contributed by atoms with van der Waals surface area (Å²) < 4.78 is 5.42. The molecule has 0 bridgehead atoms. The summed E-state index contributed by atoms with van der Waals surface area (Å²) in [6, 6.07) is 8.42. The van der Waals surface area contributed by atoms with E-state index in [0.29, 0.717) is 5.92 Å². The van der Waals surface area contributed by atoms with Gasteiger partial charge in [-0.3, -0.25) is 0 Å². The minimum absolute atomic E-state index is 0.576. The number of hydrogen-bond donors (Lipinski definition) is 1. The molecule has 1 N–H and O–H groups in total. The van der Waals surface area contributed by atoms with Gasteiger partial charge in [-0.15, -0.1) is 0 Å². The number of aromatic nitrogens is 1. The Bertz CT molecular complexity index is 473. The van der Waals surface area contributed by atoms with E-state index in [-0.39, 0.29) is 0 Å². The van der Waals surface area contributed by atoms with Crippen LogP contribution in [0.4, 0.5) is 0 Å². The monoisotopic (exact) mass is 228 g/mol. The van der Waals surface area contributed by atoms with E-state index in [4.69, 9.17) is 4.42 Å². The lowest BCUT2D eigenvalue weighted by Gasteiger charge is -2.24. The largest absolute Gasteiger partial charge is 0.445 e. The van der Waals surface area contributed by atoms with Crippen molar-refractivity contribution >= 4 is 0 Å². The third kappa shape index (κ3) is 2.11. The summed E-state index contributed by atoms with van der Waals surface area (Å²) >= 11 is 0. The Kier molecular flexibility index (Phi) is 2.92. The number of oxazole rings is 1. The first-order valence-electron chi connectivity index (χ1n) is 6.14. The summed E-state index contributed by atoms with van der Waals surface area (Å²) in [6.07, 6.45) is 5.81. The van der Waals surface area contributed by atoms with Crippen molar-refractivity contribution in [1.82, 2.24) is 10.3 Å². The maximum atomic E-state index is 5.42. The summed E-state index contributed by atoms with van der Waals surface area (Å²) in [4.78, 5) is 4.25. The first-order chi connectivity index (χ1) is 8.45. The molecular weight excluding hydrogens is 212 g/mol. The highest BCUT2D eigenvalue weighted by Crippen LogP contribution is 2.31. The van der Waals surface area contributed by atoms with Gasteiger partial charge in [0.2, 0.25) is 5.89 Å². The van der Waals surface area contributed by atoms with E-state index in [2.05, 4.69) is 28.5 Å². The van der Waals surface area contributed by atoms with Gasteiger partial charge in [0.1, 0.15) is 6.26 Å². The Labute approximate surface area is 101 Å². The topological polar surface area (TPSA) is 38.1 Å². The van der Waals surface area contributed by atoms with Crippen LogP contribution >= 0.6 is 0 Å². The number of nitrogens with one attached hydrogen (secondary N) is 1. The molecule has 1 aliphatic rings. The van der Waals surface area contributed by atoms with Crippen LogP contribution in [0.2, 0.25) is 0 Å². The van der Waals surface area contributed by atoms with Gasteiger partial charge in [0, 0.05) is 12.1 Å². The van der Waals surface area contributed by atoms with E-state index >= 15 is 0 Å². The Morgan fingerprint density at radius 1 is 1.29 bits per heavy atom. The van der Waals surface area contributed by atoms with E-state index in [0.717, 1.165) is 24.5 Å². The molecule has 3 heteroatoms. The number of hydrogen-bond acceptors (Lipinski definition) is 3. The van der Waals surface area contributed by atoms with Gasteiger partial charge >= 0.3 is 0 Å². The number of benzene rings is 1. The highest BCUT2D eigenvalue weighted by Gasteiger charge is 2.19. The van der Waals surface area contributed by atoms with E-state index in [9.17, 15) is 0 Å². The summed E-state index contributed by atoms with van der Waals surface area (Å²) in [5.41, 5.74) is 2.48. The van der Waals surface area contributed by atoms with Crippen LogP contribution in [0.5, 0.6) is 0 Å². The lowest BCUT2D eigenvalue weighted by atomic mass is 9.88. The quantitative estimate of drug-likeness (QED) is 0.859. The lowest BCUT2D eigenvalue weighted by molar-refractivity contribution is 0.461. The van der Waals surface area contributed by atoms with Gasteiger partial charge in [-0.05, 0) is 36.9 Å². The van der Waals surface area contributed by atoms with Crippen LogP contribution in [-0.2, 0) is 0 Å². The molecule has 2 aromatic rings. The van der Waals surface area contributed by atoms with Gasteiger partial charge in [0.15, 0.2) is 0 Å². The maximum Gasteiger partial charge on any atom is 0.226 e. The van der Waals surface area contributed by atoms with Gasteiger partial charge in [-0.25, -0.2) is 4.98 Å². The molecular formula is C14H16N2O. The molecule has 1 saturated heterocycles. The zero-order chi connectivity index (χ0) is 11.5. The van der Waals surface area contributed by atoms with E-state index in [1.807, 2.05) is 6.07 Å². The number of rotatable bonds is 2. The minimum atomic E-state index is 0.576. The van der Waals surface area contributed by atoms with Crippen LogP contribution in [0.1, 0.15) is 24.3 Å². The van der Waals surface area contributed by atoms with Crippen LogP contribution in [0, 0.1) is 0 Å². The highest BCUT2D eigenvalue weighted by molar-refractivity contribution is 5.59. The summed E-state index contributed by atoms with van der Waals surface area (Å²) in [6.45, 7) is 2.19. The molecule has 2 heterocycles. The molecule has 1 aromatic carbocycles. The second-order valence-electron chi connectivity index (χ2n) is 4.47. The molecule has 0 saturated carbocycles. The van der Waals surface area contributed by atoms with Crippen LogP contribution in [-0.4, -0.2) is 18.1 Å². The molecule has 0 spiro atoms. The standard InChI is InChI=1S/C14H16N2O/c1-2-6-13(14-16-8-9-17-14)12(5-1)11-4-3-7-15-10-11/h1-2,5-6,8-9,11,15H,3-4,7,10H2. The Hall–Kier alpha value is -1.61. The predicted octanol–water partition coefficient (Wildman–Crippen LogP) is 2.81. The summed E-state index contributed by atoms with van der Waals surface area (Å²) in [5.74, 6) is 1.30. The van der Waals surface area contributed by atoms with E-state index in [1.54, 1.807) is 12.5 Å². The molecule has 1 aliphatic heterocycles.